The highest BCUT2D eigenvalue weighted by Crippen LogP contribution is 2.35. The van der Waals surface area contributed by atoms with E-state index in [0.29, 0.717) is 23.2 Å². The maximum Gasteiger partial charge on any atom is 0.387 e. The van der Waals surface area contributed by atoms with E-state index in [1.54, 1.807) is 12.1 Å². The van der Waals surface area contributed by atoms with Crippen molar-refractivity contribution < 1.29 is 27.8 Å². The summed E-state index contributed by atoms with van der Waals surface area (Å²) in [5, 5.41) is 5.54. The topological polar surface area (TPSA) is 93.4 Å². The summed E-state index contributed by atoms with van der Waals surface area (Å²) >= 11 is 0. The summed E-state index contributed by atoms with van der Waals surface area (Å²) in [6.07, 6.45) is 2.04. The van der Waals surface area contributed by atoms with Crippen molar-refractivity contribution in [3.05, 3.63) is 80.8 Å². The van der Waals surface area contributed by atoms with Gasteiger partial charge in [0.2, 0.25) is 0 Å². The molecular weight excluding hydrogens is 458 g/mol. The van der Waals surface area contributed by atoms with Gasteiger partial charge in [0.05, 0.1) is 13.5 Å². The lowest BCUT2D eigenvalue weighted by Gasteiger charge is -2.32. The first-order chi connectivity index (χ1) is 16.6. The molecule has 0 aliphatic carbocycles. The van der Waals surface area contributed by atoms with Gasteiger partial charge < -0.3 is 19.3 Å². The summed E-state index contributed by atoms with van der Waals surface area (Å²) < 4.78 is 40.9. The number of H-pyrrole nitrogens is 2. The fraction of sp³-hybridized carbons (Fsp3) is 0.385. The number of rotatable bonds is 8. The summed E-state index contributed by atoms with van der Waals surface area (Å²) in [5.74, 6) is -0.462. The molecule has 2 N–H and O–H groups in total. The third kappa shape index (κ3) is 5.72. The predicted molar refractivity (Wildman–Crippen MR) is 125 cm³/mol. The number of carbonyl (C=O) groups excluding carboxylic acids is 1. The molecule has 2 aromatic carbocycles. The summed E-state index contributed by atoms with van der Waals surface area (Å²) in [7, 11) is 1.26. The number of carbonyl (C=O) groups is 1. The van der Waals surface area contributed by atoms with Crippen LogP contribution in [0, 0.1) is 0 Å². The molecule has 1 atom stereocenters. The van der Waals surface area contributed by atoms with Crippen LogP contribution in [0.25, 0.3) is 0 Å². The fourth-order valence-corrected chi connectivity index (χ4v) is 4.48. The molecule has 0 unspecified atom stereocenters. The molecule has 1 aromatic heterocycles. The zero-order valence-corrected chi connectivity index (χ0v) is 19.8. The molecule has 9 heteroatoms. The van der Waals surface area contributed by atoms with Crippen LogP contribution in [0.3, 0.4) is 0 Å². The summed E-state index contributed by atoms with van der Waals surface area (Å²) in [6, 6.07) is 12.0. The molecule has 0 radical (unpaired) electrons. The van der Waals surface area contributed by atoms with Crippen molar-refractivity contribution in [1.82, 2.24) is 10.2 Å². The standard InChI is InChI=1S/C26H28F2N2O5/c1-26(2)10-9-17-11-15(7-8-21(17)35-26)12-20-23(24(32)30-29-20)19(14-22(31)33-3)16-5-4-6-18(13-16)34-25(27)28/h4-8,11,13,19,25H,9-10,12,14H2,1-3H3,(H2,29,30,32)/t19-/m0/s1. The average molecular weight is 487 g/mol. The van der Waals surface area contributed by atoms with Crippen LogP contribution in [0.4, 0.5) is 8.78 Å². The largest absolute Gasteiger partial charge is 0.488 e. The van der Waals surface area contributed by atoms with Crippen molar-refractivity contribution in [1.29, 1.82) is 0 Å². The smallest absolute Gasteiger partial charge is 0.387 e. The minimum atomic E-state index is -2.99. The number of aromatic nitrogens is 2. The third-order valence-electron chi connectivity index (χ3n) is 6.22. The summed E-state index contributed by atoms with van der Waals surface area (Å²) in [5.41, 5.74) is 2.90. The normalized spacial score (nSPS) is 15.3. The second-order valence-electron chi connectivity index (χ2n) is 9.24. The van der Waals surface area contributed by atoms with Crippen molar-refractivity contribution >= 4 is 5.97 Å². The number of esters is 1. The first-order valence-electron chi connectivity index (χ1n) is 11.4. The van der Waals surface area contributed by atoms with Gasteiger partial charge in [0.15, 0.2) is 0 Å². The molecule has 4 rings (SSSR count). The number of aromatic amines is 2. The summed E-state index contributed by atoms with van der Waals surface area (Å²) in [4.78, 5) is 25.1. The fourth-order valence-electron chi connectivity index (χ4n) is 4.48. The summed E-state index contributed by atoms with van der Waals surface area (Å²) in [6.45, 7) is 1.13. The van der Waals surface area contributed by atoms with Crippen molar-refractivity contribution in [3.8, 4) is 11.5 Å². The number of methoxy groups -OCH3 is 1. The molecule has 0 spiro atoms. The molecule has 0 bridgehead atoms. The zero-order valence-electron chi connectivity index (χ0n) is 19.8. The second-order valence-corrected chi connectivity index (χ2v) is 9.24. The van der Waals surface area contributed by atoms with Gasteiger partial charge in [0.25, 0.3) is 5.56 Å². The van der Waals surface area contributed by atoms with Crippen molar-refractivity contribution in [2.24, 2.45) is 0 Å². The number of halogens is 2. The minimum absolute atomic E-state index is 0.0570. The molecule has 3 aromatic rings. The zero-order chi connectivity index (χ0) is 25.2. The molecule has 186 valence electrons. The first-order valence-corrected chi connectivity index (χ1v) is 11.4. The van der Waals surface area contributed by atoms with E-state index in [9.17, 15) is 18.4 Å². The number of hydrogen-bond donors (Lipinski definition) is 2. The van der Waals surface area contributed by atoms with E-state index in [1.165, 1.54) is 19.2 Å². The van der Waals surface area contributed by atoms with Crippen LogP contribution in [0.2, 0.25) is 0 Å². The number of benzene rings is 2. The molecule has 2 heterocycles. The van der Waals surface area contributed by atoms with Gasteiger partial charge in [-0.3, -0.25) is 14.7 Å². The number of fused-ring (bicyclic) bond motifs is 1. The highest BCUT2D eigenvalue weighted by atomic mass is 19.3. The van der Waals surface area contributed by atoms with E-state index in [4.69, 9.17) is 9.47 Å². The van der Waals surface area contributed by atoms with Crippen LogP contribution in [0.15, 0.2) is 47.3 Å². The Morgan fingerprint density at radius 1 is 1.17 bits per heavy atom. The number of ether oxygens (including phenoxy) is 3. The number of nitrogens with one attached hydrogen (secondary N) is 2. The van der Waals surface area contributed by atoms with Gasteiger partial charge >= 0.3 is 12.6 Å². The molecule has 35 heavy (non-hydrogen) atoms. The highest BCUT2D eigenvalue weighted by Gasteiger charge is 2.28. The van der Waals surface area contributed by atoms with Crippen LogP contribution in [-0.4, -0.2) is 35.5 Å². The minimum Gasteiger partial charge on any atom is -0.488 e. The van der Waals surface area contributed by atoms with E-state index >= 15 is 0 Å². The van der Waals surface area contributed by atoms with Crippen LogP contribution in [0.5, 0.6) is 11.5 Å². The molecule has 0 saturated carbocycles. The van der Waals surface area contributed by atoms with Crippen LogP contribution in [-0.2, 0) is 22.4 Å². The molecule has 0 amide bonds. The molecule has 1 aliphatic heterocycles. The van der Waals surface area contributed by atoms with Crippen molar-refractivity contribution in [3.63, 3.8) is 0 Å². The van der Waals surface area contributed by atoms with E-state index in [2.05, 4.69) is 34.8 Å². The third-order valence-corrected chi connectivity index (χ3v) is 6.22. The second kappa shape index (κ2) is 9.93. The van der Waals surface area contributed by atoms with E-state index in [1.807, 2.05) is 12.1 Å². The average Bonchev–Trinajstić information content (AvgIpc) is 3.16. The Labute approximate surface area is 201 Å². The quantitative estimate of drug-likeness (QED) is 0.451. The molecule has 7 nitrogen and oxygen atoms in total. The van der Waals surface area contributed by atoms with Crippen LogP contribution in [0.1, 0.15) is 60.6 Å². The van der Waals surface area contributed by atoms with Gasteiger partial charge in [-0.25, -0.2) is 0 Å². The van der Waals surface area contributed by atoms with Gasteiger partial charge in [0.1, 0.15) is 17.1 Å². The van der Waals surface area contributed by atoms with Crippen molar-refractivity contribution in [2.45, 2.75) is 57.7 Å². The lowest BCUT2D eigenvalue weighted by atomic mass is 9.86. The Hall–Kier alpha value is -3.62. The Kier molecular flexibility index (Phi) is 6.95. The van der Waals surface area contributed by atoms with Crippen LogP contribution >= 0.6 is 0 Å². The lowest BCUT2D eigenvalue weighted by Crippen LogP contribution is -2.32. The first kappa shape index (κ1) is 24.5. The number of alkyl halides is 2. The maximum atomic E-state index is 12.9. The monoisotopic (exact) mass is 486 g/mol. The highest BCUT2D eigenvalue weighted by molar-refractivity contribution is 5.71. The predicted octanol–water partition coefficient (Wildman–Crippen LogP) is 4.69. The molecule has 1 aliphatic rings. The van der Waals surface area contributed by atoms with Crippen LogP contribution < -0.4 is 15.0 Å². The SMILES string of the molecule is COC(=O)C[C@@H](c1cccc(OC(F)F)c1)c1c(Cc2ccc3c(c2)CCC(C)(C)O3)[nH][nH]c1=O. The number of aryl methyl sites for hydroxylation is 1. The van der Waals surface area contributed by atoms with Crippen molar-refractivity contribution in [2.75, 3.05) is 7.11 Å². The van der Waals surface area contributed by atoms with Gasteiger partial charge in [0, 0.05) is 23.6 Å². The Morgan fingerprint density at radius 2 is 1.97 bits per heavy atom. The molecular formula is C26H28F2N2O5. The number of hydrogen-bond acceptors (Lipinski definition) is 5. The lowest BCUT2D eigenvalue weighted by molar-refractivity contribution is -0.140. The Morgan fingerprint density at radius 3 is 2.71 bits per heavy atom. The Bertz CT molecular complexity index is 1260. The van der Waals surface area contributed by atoms with E-state index in [0.717, 1.165) is 29.7 Å². The van der Waals surface area contributed by atoms with Gasteiger partial charge in [-0.1, -0.05) is 24.3 Å². The molecule has 0 saturated heterocycles. The molecule has 0 fully saturated rings. The van der Waals surface area contributed by atoms with E-state index < -0.39 is 24.1 Å². The Balaban J connectivity index is 1.69. The van der Waals surface area contributed by atoms with Gasteiger partial charge in [-0.05, 0) is 61.6 Å². The van der Waals surface area contributed by atoms with Gasteiger partial charge in [-0.15, -0.1) is 0 Å². The maximum absolute atomic E-state index is 12.9. The van der Waals surface area contributed by atoms with E-state index in [-0.39, 0.29) is 17.8 Å². The van der Waals surface area contributed by atoms with Gasteiger partial charge in [-0.2, -0.15) is 8.78 Å².